The third-order valence-corrected chi connectivity index (χ3v) is 4.77. The first-order chi connectivity index (χ1) is 14.4. The number of esters is 1. The summed E-state index contributed by atoms with van der Waals surface area (Å²) in [6, 6.07) is 20.7. The number of carbonyl (C=O) groups excluding carboxylic acids is 3. The molecule has 3 aromatic carbocycles. The van der Waals surface area contributed by atoms with Gasteiger partial charge in [-0.05, 0) is 47.9 Å². The predicted octanol–water partition coefficient (Wildman–Crippen LogP) is 3.73. The van der Waals surface area contributed by atoms with Gasteiger partial charge in [-0.1, -0.05) is 48.5 Å². The molecule has 0 aliphatic carbocycles. The van der Waals surface area contributed by atoms with Crippen LogP contribution in [-0.2, 0) is 4.74 Å². The second-order valence-corrected chi connectivity index (χ2v) is 6.81. The molecule has 6 heteroatoms. The van der Waals surface area contributed by atoms with E-state index in [0.717, 1.165) is 5.56 Å². The second kappa shape index (κ2) is 9.05. The van der Waals surface area contributed by atoms with Crippen molar-refractivity contribution in [2.24, 2.45) is 5.73 Å². The normalized spacial score (nSPS) is 11.4. The van der Waals surface area contributed by atoms with Crippen molar-refractivity contribution in [3.8, 4) is 11.1 Å². The molecule has 0 aromatic heterocycles. The van der Waals surface area contributed by atoms with Gasteiger partial charge in [0.05, 0.1) is 18.7 Å². The minimum Gasteiger partial charge on any atom is -0.465 e. The summed E-state index contributed by atoms with van der Waals surface area (Å²) in [5, 5.41) is 2.93. The fraction of sp³-hybridized carbons (Fsp3) is 0.125. The Labute approximate surface area is 174 Å². The maximum atomic E-state index is 12.9. The minimum atomic E-state index is -0.599. The highest BCUT2D eigenvalue weighted by Crippen LogP contribution is 2.27. The lowest BCUT2D eigenvalue weighted by Crippen LogP contribution is -2.27. The third-order valence-electron chi connectivity index (χ3n) is 4.77. The van der Waals surface area contributed by atoms with E-state index >= 15 is 0 Å². The number of methoxy groups -OCH3 is 1. The standard InChI is InChI=1S/C24H22N2O4/c1-15(16-8-4-3-5-9-16)26-23(28)18-12-17(13-19(14-18)24(29)30-2)20-10-6-7-11-21(20)22(25)27/h3-15H,1-2H3,(H2,25,27)(H,26,28)/t15-/m1/s1. The minimum absolute atomic E-state index is 0.201. The van der Waals surface area contributed by atoms with Crippen molar-refractivity contribution in [1.82, 2.24) is 5.32 Å². The van der Waals surface area contributed by atoms with E-state index in [-0.39, 0.29) is 23.1 Å². The average Bonchev–Trinajstić information content (AvgIpc) is 2.78. The molecule has 30 heavy (non-hydrogen) atoms. The molecule has 3 aromatic rings. The van der Waals surface area contributed by atoms with E-state index in [9.17, 15) is 14.4 Å². The Morgan fingerprint density at radius 3 is 2.20 bits per heavy atom. The maximum absolute atomic E-state index is 12.9. The van der Waals surface area contributed by atoms with Crippen LogP contribution in [0, 0.1) is 0 Å². The number of carbonyl (C=O) groups is 3. The molecule has 3 N–H and O–H groups in total. The quantitative estimate of drug-likeness (QED) is 0.614. The number of ether oxygens (including phenoxy) is 1. The molecular formula is C24H22N2O4. The Bertz CT molecular complexity index is 1090. The number of nitrogens with one attached hydrogen (secondary N) is 1. The van der Waals surface area contributed by atoms with Gasteiger partial charge in [-0.2, -0.15) is 0 Å². The molecule has 152 valence electrons. The molecule has 2 amide bonds. The first-order valence-electron chi connectivity index (χ1n) is 9.39. The van der Waals surface area contributed by atoms with Crippen molar-refractivity contribution in [1.29, 1.82) is 0 Å². The number of benzene rings is 3. The Morgan fingerprint density at radius 1 is 0.900 bits per heavy atom. The van der Waals surface area contributed by atoms with Gasteiger partial charge in [-0.3, -0.25) is 9.59 Å². The summed E-state index contributed by atoms with van der Waals surface area (Å²) >= 11 is 0. The molecule has 0 unspecified atom stereocenters. The largest absolute Gasteiger partial charge is 0.465 e. The number of amides is 2. The summed E-state index contributed by atoms with van der Waals surface area (Å²) in [6.07, 6.45) is 0. The van der Waals surface area contributed by atoms with Gasteiger partial charge in [-0.25, -0.2) is 4.79 Å². The highest BCUT2D eigenvalue weighted by atomic mass is 16.5. The molecule has 0 radical (unpaired) electrons. The van der Waals surface area contributed by atoms with Crippen LogP contribution >= 0.6 is 0 Å². The van der Waals surface area contributed by atoms with Crippen LogP contribution < -0.4 is 11.1 Å². The van der Waals surface area contributed by atoms with Gasteiger partial charge in [0, 0.05) is 11.1 Å². The van der Waals surface area contributed by atoms with Crippen LogP contribution in [0.4, 0.5) is 0 Å². The van der Waals surface area contributed by atoms with Gasteiger partial charge in [0.15, 0.2) is 0 Å². The Morgan fingerprint density at radius 2 is 1.53 bits per heavy atom. The van der Waals surface area contributed by atoms with Crippen LogP contribution in [-0.4, -0.2) is 24.9 Å². The fourth-order valence-electron chi connectivity index (χ4n) is 3.20. The van der Waals surface area contributed by atoms with Crippen LogP contribution in [0.15, 0.2) is 72.8 Å². The molecule has 3 rings (SSSR count). The zero-order valence-electron chi connectivity index (χ0n) is 16.7. The van der Waals surface area contributed by atoms with Crippen molar-refractivity contribution in [2.75, 3.05) is 7.11 Å². The highest BCUT2D eigenvalue weighted by molar-refractivity contribution is 6.03. The zero-order chi connectivity index (χ0) is 21.7. The first-order valence-corrected chi connectivity index (χ1v) is 9.39. The van der Waals surface area contributed by atoms with Crippen LogP contribution in [0.5, 0.6) is 0 Å². The van der Waals surface area contributed by atoms with E-state index in [4.69, 9.17) is 10.5 Å². The SMILES string of the molecule is COC(=O)c1cc(C(=O)N[C@H](C)c2ccccc2)cc(-c2ccccc2C(N)=O)c1. The van der Waals surface area contributed by atoms with Gasteiger partial charge in [0.2, 0.25) is 5.91 Å². The molecule has 0 saturated carbocycles. The van der Waals surface area contributed by atoms with Crippen molar-refractivity contribution in [3.63, 3.8) is 0 Å². The van der Waals surface area contributed by atoms with Crippen molar-refractivity contribution < 1.29 is 19.1 Å². The topological polar surface area (TPSA) is 98.5 Å². The van der Waals surface area contributed by atoms with Gasteiger partial charge in [-0.15, -0.1) is 0 Å². The number of hydrogen-bond acceptors (Lipinski definition) is 4. The predicted molar refractivity (Wildman–Crippen MR) is 114 cm³/mol. The van der Waals surface area contributed by atoms with Gasteiger partial charge in [0.1, 0.15) is 0 Å². The number of primary amides is 1. The van der Waals surface area contributed by atoms with Crippen molar-refractivity contribution >= 4 is 17.8 Å². The van der Waals surface area contributed by atoms with Crippen LogP contribution in [0.25, 0.3) is 11.1 Å². The van der Waals surface area contributed by atoms with Gasteiger partial charge in [0.25, 0.3) is 5.91 Å². The monoisotopic (exact) mass is 402 g/mol. The fourth-order valence-corrected chi connectivity index (χ4v) is 3.20. The lowest BCUT2D eigenvalue weighted by Gasteiger charge is -2.16. The van der Waals surface area contributed by atoms with E-state index in [2.05, 4.69) is 5.32 Å². The second-order valence-electron chi connectivity index (χ2n) is 6.81. The lowest BCUT2D eigenvalue weighted by molar-refractivity contribution is 0.0600. The molecule has 0 bridgehead atoms. The summed E-state index contributed by atoms with van der Waals surface area (Å²) in [7, 11) is 1.27. The van der Waals surface area contributed by atoms with Gasteiger partial charge >= 0.3 is 5.97 Å². The zero-order valence-corrected chi connectivity index (χ0v) is 16.7. The molecule has 6 nitrogen and oxygen atoms in total. The van der Waals surface area contributed by atoms with Crippen LogP contribution in [0.1, 0.15) is 49.6 Å². The summed E-state index contributed by atoms with van der Waals surface area (Å²) in [4.78, 5) is 37.0. The summed E-state index contributed by atoms with van der Waals surface area (Å²) in [5.74, 6) is -1.54. The van der Waals surface area contributed by atoms with E-state index in [0.29, 0.717) is 16.7 Å². The maximum Gasteiger partial charge on any atom is 0.337 e. The molecule has 0 saturated heterocycles. The molecule has 1 atom stereocenters. The molecule has 0 heterocycles. The Hall–Kier alpha value is -3.93. The third kappa shape index (κ3) is 4.55. The van der Waals surface area contributed by atoms with Crippen LogP contribution in [0.2, 0.25) is 0 Å². The Balaban J connectivity index is 2.03. The van der Waals surface area contributed by atoms with Crippen molar-refractivity contribution in [3.05, 3.63) is 95.1 Å². The van der Waals surface area contributed by atoms with E-state index in [1.165, 1.54) is 13.2 Å². The molecule has 0 aliphatic heterocycles. The molecule has 0 aliphatic rings. The molecule has 0 spiro atoms. The molecule has 0 fully saturated rings. The number of nitrogens with two attached hydrogens (primary N) is 1. The van der Waals surface area contributed by atoms with E-state index < -0.39 is 11.9 Å². The van der Waals surface area contributed by atoms with Gasteiger partial charge < -0.3 is 15.8 Å². The lowest BCUT2D eigenvalue weighted by atomic mass is 9.95. The van der Waals surface area contributed by atoms with Crippen LogP contribution in [0.3, 0.4) is 0 Å². The smallest absolute Gasteiger partial charge is 0.337 e. The van der Waals surface area contributed by atoms with E-state index in [1.807, 2.05) is 37.3 Å². The number of rotatable bonds is 6. The first kappa shape index (κ1) is 20.8. The average molecular weight is 402 g/mol. The van der Waals surface area contributed by atoms with Crippen molar-refractivity contribution in [2.45, 2.75) is 13.0 Å². The molecular weight excluding hydrogens is 380 g/mol. The Kier molecular flexibility index (Phi) is 6.27. The summed E-state index contributed by atoms with van der Waals surface area (Å²) in [6.45, 7) is 1.88. The highest BCUT2D eigenvalue weighted by Gasteiger charge is 2.18. The summed E-state index contributed by atoms with van der Waals surface area (Å²) in [5.41, 5.74) is 8.26. The number of hydrogen-bond donors (Lipinski definition) is 2. The van der Waals surface area contributed by atoms with E-state index in [1.54, 1.807) is 36.4 Å². The summed E-state index contributed by atoms with van der Waals surface area (Å²) < 4.78 is 4.83.